The molecule has 2 unspecified atom stereocenters. The summed E-state index contributed by atoms with van der Waals surface area (Å²) in [6.45, 7) is 4.44. The predicted molar refractivity (Wildman–Crippen MR) is 82.4 cm³/mol. The second-order valence-corrected chi connectivity index (χ2v) is 6.66. The molecule has 2 aliphatic rings. The summed E-state index contributed by atoms with van der Waals surface area (Å²) >= 11 is 1.39. The Balaban J connectivity index is 1.60. The Morgan fingerprint density at radius 3 is 2.86 bits per heavy atom. The molecule has 0 aromatic carbocycles. The number of rotatable bonds is 5. The van der Waals surface area contributed by atoms with Crippen LogP contribution in [0.25, 0.3) is 0 Å². The number of hydrogen-bond donors (Lipinski definition) is 0. The maximum Gasteiger partial charge on any atom is 0.316 e. The minimum absolute atomic E-state index is 0.203. The molecule has 1 saturated carbocycles. The standard InChI is InChI=1S/C15H21N3O2S/c1-2-20-15(19)10-21-14-7-16-6-13(17-14)18-8-11-4-3-5-12(11)9-18/h6-7,11-12H,2-5,8-10H2,1H3. The van der Waals surface area contributed by atoms with Crippen LogP contribution in [0.1, 0.15) is 26.2 Å². The third-order valence-corrected chi connectivity index (χ3v) is 5.17. The van der Waals surface area contributed by atoms with E-state index in [9.17, 15) is 4.79 Å². The molecular formula is C15H21N3O2S. The summed E-state index contributed by atoms with van der Waals surface area (Å²) in [6, 6.07) is 0. The maximum absolute atomic E-state index is 11.4. The summed E-state index contributed by atoms with van der Waals surface area (Å²) in [5.41, 5.74) is 0. The van der Waals surface area contributed by atoms with Gasteiger partial charge >= 0.3 is 5.97 Å². The van der Waals surface area contributed by atoms with Crippen molar-refractivity contribution in [1.29, 1.82) is 0 Å². The highest BCUT2D eigenvalue weighted by atomic mass is 32.2. The molecule has 1 aromatic rings. The molecule has 2 atom stereocenters. The molecule has 1 aliphatic carbocycles. The highest BCUT2D eigenvalue weighted by Crippen LogP contribution is 2.39. The molecule has 0 bridgehead atoms. The Hall–Kier alpha value is -1.30. The monoisotopic (exact) mass is 307 g/mol. The second kappa shape index (κ2) is 6.64. The van der Waals surface area contributed by atoms with E-state index in [1.165, 1.54) is 31.0 Å². The molecule has 2 heterocycles. The fourth-order valence-electron chi connectivity index (χ4n) is 3.32. The summed E-state index contributed by atoms with van der Waals surface area (Å²) < 4.78 is 4.93. The second-order valence-electron chi connectivity index (χ2n) is 5.67. The van der Waals surface area contributed by atoms with Crippen molar-refractivity contribution in [1.82, 2.24) is 9.97 Å². The minimum Gasteiger partial charge on any atom is -0.465 e. The van der Waals surface area contributed by atoms with Gasteiger partial charge in [-0.15, -0.1) is 0 Å². The van der Waals surface area contributed by atoms with Crippen molar-refractivity contribution < 1.29 is 9.53 Å². The summed E-state index contributed by atoms with van der Waals surface area (Å²) in [6.07, 6.45) is 7.63. The largest absolute Gasteiger partial charge is 0.465 e. The van der Waals surface area contributed by atoms with E-state index < -0.39 is 0 Å². The quantitative estimate of drug-likeness (QED) is 0.615. The number of nitrogens with zero attached hydrogens (tertiary/aromatic N) is 3. The molecule has 0 spiro atoms. The van der Waals surface area contributed by atoms with Crippen LogP contribution in [-0.2, 0) is 9.53 Å². The van der Waals surface area contributed by atoms with Gasteiger partial charge in [0.15, 0.2) is 0 Å². The smallest absolute Gasteiger partial charge is 0.316 e. The number of ether oxygens (including phenoxy) is 1. The van der Waals surface area contributed by atoms with Crippen LogP contribution in [0.5, 0.6) is 0 Å². The van der Waals surface area contributed by atoms with Gasteiger partial charge in [0.2, 0.25) is 0 Å². The van der Waals surface area contributed by atoms with Crippen LogP contribution in [0.3, 0.4) is 0 Å². The first-order valence-corrected chi connectivity index (χ1v) is 8.60. The van der Waals surface area contributed by atoms with Crippen molar-refractivity contribution in [2.45, 2.75) is 31.2 Å². The third-order valence-electron chi connectivity index (χ3n) is 4.29. The van der Waals surface area contributed by atoms with Crippen LogP contribution in [-0.4, -0.2) is 41.4 Å². The molecule has 1 aromatic heterocycles. The highest BCUT2D eigenvalue weighted by molar-refractivity contribution is 7.99. The average molecular weight is 307 g/mol. The van der Waals surface area contributed by atoms with Gasteiger partial charge in [-0.3, -0.25) is 9.78 Å². The van der Waals surface area contributed by atoms with Gasteiger partial charge < -0.3 is 9.64 Å². The fourth-order valence-corrected chi connectivity index (χ4v) is 3.96. The van der Waals surface area contributed by atoms with Gasteiger partial charge in [0.1, 0.15) is 10.8 Å². The predicted octanol–water partition coefficient (Wildman–Crippen LogP) is 2.37. The van der Waals surface area contributed by atoms with Gasteiger partial charge in [0.25, 0.3) is 0 Å². The van der Waals surface area contributed by atoms with Crippen LogP contribution in [0.15, 0.2) is 17.4 Å². The molecule has 21 heavy (non-hydrogen) atoms. The molecule has 2 fully saturated rings. The topological polar surface area (TPSA) is 55.3 Å². The Kier molecular flexibility index (Phi) is 4.63. The molecule has 1 saturated heterocycles. The van der Waals surface area contributed by atoms with Gasteiger partial charge in [-0.2, -0.15) is 0 Å². The van der Waals surface area contributed by atoms with E-state index >= 15 is 0 Å². The lowest BCUT2D eigenvalue weighted by atomic mass is 10.0. The molecule has 6 heteroatoms. The molecule has 0 amide bonds. The van der Waals surface area contributed by atoms with Crippen molar-refractivity contribution in [3.63, 3.8) is 0 Å². The highest BCUT2D eigenvalue weighted by Gasteiger charge is 2.36. The van der Waals surface area contributed by atoms with Crippen molar-refractivity contribution in [3.8, 4) is 0 Å². The lowest BCUT2D eigenvalue weighted by molar-refractivity contribution is -0.139. The van der Waals surface area contributed by atoms with Gasteiger partial charge in [0.05, 0.1) is 24.8 Å². The Labute approximate surface area is 129 Å². The van der Waals surface area contributed by atoms with E-state index in [4.69, 9.17) is 4.74 Å². The van der Waals surface area contributed by atoms with Crippen LogP contribution in [0.2, 0.25) is 0 Å². The van der Waals surface area contributed by atoms with E-state index in [0.29, 0.717) is 6.61 Å². The van der Waals surface area contributed by atoms with E-state index in [1.54, 1.807) is 6.20 Å². The van der Waals surface area contributed by atoms with E-state index in [-0.39, 0.29) is 11.7 Å². The van der Waals surface area contributed by atoms with Gasteiger partial charge in [-0.05, 0) is 31.6 Å². The first-order chi connectivity index (χ1) is 10.3. The number of anilines is 1. The number of carbonyl (C=O) groups is 1. The van der Waals surface area contributed by atoms with Crippen LogP contribution in [0, 0.1) is 11.8 Å². The van der Waals surface area contributed by atoms with E-state index in [0.717, 1.165) is 35.8 Å². The van der Waals surface area contributed by atoms with Gasteiger partial charge in [-0.1, -0.05) is 18.2 Å². The summed E-state index contributed by atoms with van der Waals surface area (Å²) in [5, 5.41) is 0.789. The zero-order valence-corrected chi connectivity index (χ0v) is 13.1. The van der Waals surface area contributed by atoms with E-state index in [2.05, 4.69) is 14.9 Å². The number of esters is 1. The number of aromatic nitrogens is 2. The van der Waals surface area contributed by atoms with Crippen LogP contribution < -0.4 is 4.90 Å². The van der Waals surface area contributed by atoms with Crippen LogP contribution >= 0.6 is 11.8 Å². The lowest BCUT2D eigenvalue weighted by Gasteiger charge is -2.18. The zero-order valence-electron chi connectivity index (χ0n) is 12.3. The summed E-state index contributed by atoms with van der Waals surface area (Å²) in [4.78, 5) is 22.6. The number of carbonyl (C=O) groups excluding carboxylic acids is 1. The lowest BCUT2D eigenvalue weighted by Crippen LogP contribution is -2.22. The minimum atomic E-state index is -0.203. The zero-order chi connectivity index (χ0) is 14.7. The maximum atomic E-state index is 11.4. The first kappa shape index (κ1) is 14.6. The van der Waals surface area contributed by atoms with Crippen molar-refractivity contribution in [2.75, 3.05) is 30.3 Å². The Bertz CT molecular complexity index is 499. The summed E-state index contributed by atoms with van der Waals surface area (Å²) in [7, 11) is 0. The molecule has 0 N–H and O–H groups in total. The normalized spacial score (nSPS) is 24.1. The SMILES string of the molecule is CCOC(=O)CSc1cncc(N2CC3CCCC3C2)n1. The van der Waals surface area contributed by atoms with Crippen molar-refractivity contribution in [3.05, 3.63) is 12.4 Å². The molecule has 3 rings (SSSR count). The number of thioether (sulfide) groups is 1. The third kappa shape index (κ3) is 3.48. The molecule has 5 nitrogen and oxygen atoms in total. The molecule has 1 aliphatic heterocycles. The summed E-state index contributed by atoms with van der Waals surface area (Å²) in [5.74, 6) is 2.70. The first-order valence-electron chi connectivity index (χ1n) is 7.61. The van der Waals surface area contributed by atoms with Crippen molar-refractivity contribution >= 4 is 23.5 Å². The Morgan fingerprint density at radius 1 is 1.38 bits per heavy atom. The van der Waals surface area contributed by atoms with Gasteiger partial charge in [-0.25, -0.2) is 4.98 Å². The fraction of sp³-hybridized carbons (Fsp3) is 0.667. The average Bonchev–Trinajstić information content (AvgIpc) is 3.07. The van der Waals surface area contributed by atoms with Gasteiger partial charge in [0, 0.05) is 13.1 Å². The van der Waals surface area contributed by atoms with E-state index in [1.807, 2.05) is 13.1 Å². The molecular weight excluding hydrogens is 286 g/mol. The molecule has 0 radical (unpaired) electrons. The number of hydrogen-bond acceptors (Lipinski definition) is 6. The van der Waals surface area contributed by atoms with Crippen molar-refractivity contribution in [2.24, 2.45) is 11.8 Å². The molecule has 114 valence electrons. The van der Waals surface area contributed by atoms with Crippen LogP contribution in [0.4, 0.5) is 5.82 Å². The number of fused-ring (bicyclic) bond motifs is 1. The Morgan fingerprint density at radius 2 is 2.14 bits per heavy atom.